The maximum atomic E-state index is 11.8. The molecule has 0 atom stereocenters. The van der Waals surface area contributed by atoms with Gasteiger partial charge in [0.2, 0.25) is 0 Å². The van der Waals surface area contributed by atoms with Crippen LogP contribution in [0.3, 0.4) is 0 Å². The van der Waals surface area contributed by atoms with Crippen molar-refractivity contribution < 1.29 is 24.4 Å². The summed E-state index contributed by atoms with van der Waals surface area (Å²) in [5, 5.41) is 22.4. The molecule has 1 amide bonds. The lowest BCUT2D eigenvalue weighted by molar-refractivity contribution is -0.384. The third-order valence-electron chi connectivity index (χ3n) is 3.84. The fourth-order valence-corrected chi connectivity index (χ4v) is 2.59. The van der Waals surface area contributed by atoms with Gasteiger partial charge in [-0.3, -0.25) is 19.7 Å². The topological polar surface area (TPSA) is 119 Å². The molecule has 1 aromatic carbocycles. The van der Waals surface area contributed by atoms with Crippen LogP contribution in [-0.4, -0.2) is 34.6 Å². The van der Waals surface area contributed by atoms with Crippen LogP contribution in [0.15, 0.2) is 24.3 Å². The molecule has 0 saturated heterocycles. The van der Waals surface area contributed by atoms with Crippen LogP contribution >= 0.6 is 0 Å². The number of carboxylic acids is 1. The third kappa shape index (κ3) is 4.94. The Hall–Kier alpha value is -2.64. The second-order valence-electron chi connectivity index (χ2n) is 5.50. The number of carbonyl (C=O) groups excluding carboxylic acids is 1. The number of nitro groups is 1. The zero-order valence-electron chi connectivity index (χ0n) is 12.4. The summed E-state index contributed by atoms with van der Waals surface area (Å²) in [5.41, 5.74) is -0.102. The fraction of sp³-hybridized carbons (Fsp3) is 0.467. The van der Waals surface area contributed by atoms with Crippen molar-refractivity contribution in [3.05, 3.63) is 34.4 Å². The summed E-state index contributed by atoms with van der Waals surface area (Å²) in [4.78, 5) is 32.8. The second-order valence-corrected chi connectivity index (χ2v) is 5.50. The molecule has 2 rings (SSSR count). The van der Waals surface area contributed by atoms with Gasteiger partial charge in [0.15, 0.2) is 6.61 Å². The van der Waals surface area contributed by atoms with Gasteiger partial charge in [-0.1, -0.05) is 6.07 Å². The first kappa shape index (κ1) is 16.7. The Morgan fingerprint density at radius 1 is 1.30 bits per heavy atom. The number of amides is 1. The molecule has 1 aliphatic carbocycles. The smallest absolute Gasteiger partial charge is 0.306 e. The number of hydrogen-bond donors (Lipinski definition) is 2. The molecule has 1 aliphatic rings. The Kier molecular flexibility index (Phi) is 5.51. The van der Waals surface area contributed by atoms with E-state index in [1.807, 2.05) is 0 Å². The van der Waals surface area contributed by atoms with E-state index in [-0.39, 0.29) is 35.9 Å². The van der Waals surface area contributed by atoms with Crippen molar-refractivity contribution in [2.24, 2.45) is 5.92 Å². The molecule has 0 aliphatic heterocycles. The van der Waals surface area contributed by atoms with E-state index in [4.69, 9.17) is 9.84 Å². The van der Waals surface area contributed by atoms with Crippen molar-refractivity contribution in [3.8, 4) is 5.75 Å². The molecule has 0 radical (unpaired) electrons. The highest BCUT2D eigenvalue weighted by atomic mass is 16.6. The minimum absolute atomic E-state index is 0.0493. The van der Waals surface area contributed by atoms with Crippen molar-refractivity contribution >= 4 is 17.6 Å². The first-order valence-electron chi connectivity index (χ1n) is 7.35. The number of carboxylic acid groups (broad SMARTS) is 1. The second kappa shape index (κ2) is 7.57. The zero-order valence-corrected chi connectivity index (χ0v) is 12.4. The van der Waals surface area contributed by atoms with E-state index in [1.54, 1.807) is 6.07 Å². The van der Waals surface area contributed by atoms with Crippen molar-refractivity contribution in [2.45, 2.75) is 31.7 Å². The van der Waals surface area contributed by atoms with Crippen LogP contribution in [0.1, 0.15) is 25.7 Å². The monoisotopic (exact) mass is 322 g/mol. The third-order valence-corrected chi connectivity index (χ3v) is 3.84. The number of carbonyl (C=O) groups is 2. The Bertz CT molecular complexity index is 595. The van der Waals surface area contributed by atoms with Gasteiger partial charge in [-0.05, 0) is 31.7 Å². The molecule has 8 heteroatoms. The lowest BCUT2D eigenvalue weighted by Crippen LogP contribution is -2.40. The number of benzene rings is 1. The molecule has 124 valence electrons. The van der Waals surface area contributed by atoms with Gasteiger partial charge in [0, 0.05) is 12.1 Å². The molecule has 0 heterocycles. The Labute approximate surface area is 132 Å². The minimum Gasteiger partial charge on any atom is -0.484 e. The SMILES string of the molecule is O=C(COc1cccc([N+](=O)[O-])c1)NC1CCC(C(=O)O)CC1. The van der Waals surface area contributed by atoms with E-state index in [0.717, 1.165) is 0 Å². The molecule has 8 nitrogen and oxygen atoms in total. The average Bonchev–Trinajstić information content (AvgIpc) is 2.53. The van der Waals surface area contributed by atoms with E-state index in [9.17, 15) is 19.7 Å². The van der Waals surface area contributed by atoms with Gasteiger partial charge in [-0.25, -0.2) is 0 Å². The van der Waals surface area contributed by atoms with E-state index >= 15 is 0 Å². The summed E-state index contributed by atoms with van der Waals surface area (Å²) in [6.45, 7) is -0.236. The van der Waals surface area contributed by atoms with Crippen molar-refractivity contribution in [2.75, 3.05) is 6.61 Å². The Morgan fingerprint density at radius 2 is 2.00 bits per heavy atom. The van der Waals surface area contributed by atoms with Crippen LogP contribution in [0, 0.1) is 16.0 Å². The number of aliphatic carboxylic acids is 1. The first-order chi connectivity index (χ1) is 11.0. The number of hydrogen-bond acceptors (Lipinski definition) is 5. The summed E-state index contributed by atoms with van der Waals surface area (Å²) < 4.78 is 5.25. The van der Waals surface area contributed by atoms with Gasteiger partial charge in [0.25, 0.3) is 11.6 Å². The molecule has 1 fully saturated rings. The highest BCUT2D eigenvalue weighted by Crippen LogP contribution is 2.24. The fourth-order valence-electron chi connectivity index (χ4n) is 2.59. The van der Waals surface area contributed by atoms with Gasteiger partial charge in [-0.2, -0.15) is 0 Å². The molecule has 2 N–H and O–H groups in total. The van der Waals surface area contributed by atoms with Crippen LogP contribution in [0.5, 0.6) is 5.75 Å². The Balaban J connectivity index is 1.76. The predicted octanol–water partition coefficient (Wildman–Crippen LogP) is 1.73. The summed E-state index contributed by atoms with van der Waals surface area (Å²) >= 11 is 0. The first-order valence-corrected chi connectivity index (χ1v) is 7.35. The van der Waals surface area contributed by atoms with E-state index in [1.165, 1.54) is 18.2 Å². The van der Waals surface area contributed by atoms with Crippen LogP contribution in [-0.2, 0) is 9.59 Å². The van der Waals surface area contributed by atoms with Crippen molar-refractivity contribution in [3.63, 3.8) is 0 Å². The molecular formula is C15H18N2O6. The quantitative estimate of drug-likeness (QED) is 0.608. The van der Waals surface area contributed by atoms with Gasteiger partial charge < -0.3 is 15.2 Å². The van der Waals surface area contributed by atoms with Crippen LogP contribution < -0.4 is 10.1 Å². The molecule has 0 aromatic heterocycles. The highest BCUT2D eigenvalue weighted by Gasteiger charge is 2.26. The van der Waals surface area contributed by atoms with Gasteiger partial charge >= 0.3 is 5.97 Å². The number of non-ortho nitro benzene ring substituents is 1. The van der Waals surface area contributed by atoms with Gasteiger partial charge in [-0.15, -0.1) is 0 Å². The molecule has 1 saturated carbocycles. The number of rotatable bonds is 6. The average molecular weight is 322 g/mol. The maximum absolute atomic E-state index is 11.8. The minimum atomic E-state index is -0.788. The zero-order chi connectivity index (χ0) is 16.8. The number of nitrogens with one attached hydrogen (secondary N) is 1. The molecule has 1 aromatic rings. The van der Waals surface area contributed by atoms with E-state index in [2.05, 4.69) is 5.32 Å². The standard InChI is InChI=1S/C15H18N2O6/c18-14(16-11-6-4-10(5-7-11)15(19)20)9-23-13-3-1-2-12(8-13)17(21)22/h1-3,8,10-11H,4-7,9H2,(H,16,18)(H,19,20). The lowest BCUT2D eigenvalue weighted by Gasteiger charge is -2.26. The summed E-state index contributed by atoms with van der Waals surface area (Å²) in [5.74, 6) is -1.19. The van der Waals surface area contributed by atoms with Crippen LogP contribution in [0.25, 0.3) is 0 Å². The predicted molar refractivity (Wildman–Crippen MR) is 80.1 cm³/mol. The summed E-state index contributed by atoms with van der Waals surface area (Å²) in [7, 11) is 0. The number of ether oxygens (including phenoxy) is 1. The molecular weight excluding hydrogens is 304 g/mol. The molecule has 0 bridgehead atoms. The maximum Gasteiger partial charge on any atom is 0.306 e. The van der Waals surface area contributed by atoms with Crippen LogP contribution in [0.2, 0.25) is 0 Å². The highest BCUT2D eigenvalue weighted by molar-refractivity contribution is 5.78. The van der Waals surface area contributed by atoms with Gasteiger partial charge in [0.05, 0.1) is 16.9 Å². The van der Waals surface area contributed by atoms with Crippen molar-refractivity contribution in [1.82, 2.24) is 5.32 Å². The summed E-state index contributed by atoms with van der Waals surface area (Å²) in [6.07, 6.45) is 2.34. The normalized spacial score (nSPS) is 20.5. The number of nitrogens with zero attached hydrogens (tertiary/aromatic N) is 1. The van der Waals surface area contributed by atoms with Gasteiger partial charge in [0.1, 0.15) is 5.75 Å². The molecule has 23 heavy (non-hydrogen) atoms. The summed E-state index contributed by atoms with van der Waals surface area (Å²) in [6, 6.07) is 5.57. The Morgan fingerprint density at radius 3 is 2.61 bits per heavy atom. The van der Waals surface area contributed by atoms with E-state index < -0.39 is 10.9 Å². The largest absolute Gasteiger partial charge is 0.484 e. The molecule has 0 unspecified atom stereocenters. The van der Waals surface area contributed by atoms with Crippen LogP contribution in [0.4, 0.5) is 5.69 Å². The van der Waals surface area contributed by atoms with Crippen molar-refractivity contribution in [1.29, 1.82) is 0 Å². The van der Waals surface area contributed by atoms with E-state index in [0.29, 0.717) is 25.7 Å². The number of nitro benzene ring substituents is 1. The lowest BCUT2D eigenvalue weighted by atomic mass is 9.86. The molecule has 0 spiro atoms.